The van der Waals surface area contributed by atoms with Gasteiger partial charge >= 0.3 is 0 Å². The molecular weight excluding hydrogens is 192 g/mol. The topological polar surface area (TPSA) is 38.0 Å². The van der Waals surface area contributed by atoms with Crippen LogP contribution in [0.25, 0.3) is 0 Å². The van der Waals surface area contributed by atoms with E-state index in [0.717, 1.165) is 16.2 Å². The first kappa shape index (κ1) is 11.2. The second-order valence-electron chi connectivity index (χ2n) is 1.90. The molecule has 3 N–H and O–H groups in total. The Hall–Kier alpha value is -0.800. The van der Waals surface area contributed by atoms with Crippen molar-refractivity contribution in [3.63, 3.8) is 0 Å². The lowest BCUT2D eigenvalue weighted by Crippen LogP contribution is -1.85. The molecule has 0 aromatic heterocycles. The van der Waals surface area contributed by atoms with Crippen LogP contribution < -0.4 is 11.1 Å². The molecule has 0 unspecified atom stereocenters. The van der Waals surface area contributed by atoms with Gasteiger partial charge in [0, 0.05) is 17.8 Å². The van der Waals surface area contributed by atoms with Crippen LogP contribution in [0.2, 0.25) is 5.02 Å². The Balaban J connectivity index is 0.000000354. The summed E-state index contributed by atoms with van der Waals surface area (Å²) in [5.41, 5.74) is 6.66. The van der Waals surface area contributed by atoms with E-state index >= 15 is 0 Å². The maximum absolute atomic E-state index is 5.68. The molecule has 4 heteroatoms. The first-order valence-corrected chi connectivity index (χ1v) is 4.18. The molecule has 0 radical (unpaired) electrons. The fourth-order valence-electron chi connectivity index (χ4n) is 0.644. The largest absolute Gasteiger partial charge is 0.396 e. The smallest absolute Gasteiger partial charge is 0.0588 e. The summed E-state index contributed by atoms with van der Waals surface area (Å²) in [5.74, 6) is 0. The normalized spacial score (nSPS) is 7.83. The van der Waals surface area contributed by atoms with Crippen LogP contribution in [0.15, 0.2) is 24.3 Å². The number of anilines is 1. The zero-order valence-corrected chi connectivity index (χ0v) is 8.32. The van der Waals surface area contributed by atoms with Crippen LogP contribution in [0.4, 0.5) is 5.69 Å². The Morgan fingerprint density at radius 2 is 2.17 bits per heavy atom. The van der Waals surface area contributed by atoms with Gasteiger partial charge in [0.15, 0.2) is 0 Å². The molecule has 0 saturated heterocycles. The molecule has 0 amide bonds. The highest BCUT2D eigenvalue weighted by atomic mass is 35.5. The number of thiocarbonyl (C=S) groups is 1. The SMILES string of the molecule is CNc1cccc(Cl)c1.NC=S. The van der Waals surface area contributed by atoms with Crippen molar-refractivity contribution in [3.8, 4) is 0 Å². The number of benzene rings is 1. The van der Waals surface area contributed by atoms with Gasteiger partial charge in [0.2, 0.25) is 0 Å². The second-order valence-corrected chi connectivity index (χ2v) is 2.61. The number of hydrogen-bond acceptors (Lipinski definition) is 2. The van der Waals surface area contributed by atoms with Gasteiger partial charge in [-0.3, -0.25) is 0 Å². The summed E-state index contributed by atoms with van der Waals surface area (Å²) in [4.78, 5) is 0. The number of halogens is 1. The van der Waals surface area contributed by atoms with E-state index in [9.17, 15) is 0 Å². The first-order chi connectivity index (χ1) is 5.74. The minimum Gasteiger partial charge on any atom is -0.396 e. The number of nitrogens with two attached hydrogens (primary N) is 1. The quantitative estimate of drug-likeness (QED) is 0.687. The fourth-order valence-corrected chi connectivity index (χ4v) is 0.834. The van der Waals surface area contributed by atoms with Crippen LogP contribution in [0, 0.1) is 0 Å². The van der Waals surface area contributed by atoms with Gasteiger partial charge in [-0.2, -0.15) is 0 Å². The van der Waals surface area contributed by atoms with E-state index < -0.39 is 0 Å². The average molecular weight is 203 g/mol. The first-order valence-electron chi connectivity index (χ1n) is 3.33. The van der Waals surface area contributed by atoms with Crippen molar-refractivity contribution in [1.82, 2.24) is 0 Å². The summed E-state index contributed by atoms with van der Waals surface area (Å²) in [6, 6.07) is 7.60. The Labute approximate surface area is 82.7 Å². The number of hydrogen-bond donors (Lipinski definition) is 2. The van der Waals surface area contributed by atoms with E-state index in [1.54, 1.807) is 0 Å². The van der Waals surface area contributed by atoms with E-state index in [1.165, 1.54) is 0 Å². The molecule has 0 aliphatic carbocycles. The van der Waals surface area contributed by atoms with Crippen molar-refractivity contribution in [2.75, 3.05) is 12.4 Å². The highest BCUT2D eigenvalue weighted by Crippen LogP contribution is 2.13. The summed E-state index contributed by atoms with van der Waals surface area (Å²) >= 11 is 9.73. The molecule has 1 aromatic carbocycles. The van der Waals surface area contributed by atoms with Crippen molar-refractivity contribution >= 4 is 35.0 Å². The summed E-state index contributed by atoms with van der Waals surface area (Å²) in [6.45, 7) is 0. The predicted octanol–water partition coefficient (Wildman–Crippen LogP) is 2.28. The Morgan fingerprint density at radius 1 is 1.58 bits per heavy atom. The van der Waals surface area contributed by atoms with Gasteiger partial charge in [0.25, 0.3) is 0 Å². The van der Waals surface area contributed by atoms with Gasteiger partial charge < -0.3 is 11.1 Å². The van der Waals surface area contributed by atoms with Gasteiger partial charge in [0.1, 0.15) is 0 Å². The third kappa shape index (κ3) is 4.93. The van der Waals surface area contributed by atoms with E-state index in [0.29, 0.717) is 0 Å². The Bertz CT molecular complexity index is 240. The molecule has 0 spiro atoms. The highest BCUT2D eigenvalue weighted by Gasteiger charge is 1.86. The zero-order valence-electron chi connectivity index (χ0n) is 6.75. The van der Waals surface area contributed by atoms with Gasteiger partial charge in [0.05, 0.1) is 5.49 Å². The van der Waals surface area contributed by atoms with E-state index in [4.69, 9.17) is 11.6 Å². The molecule has 0 fully saturated rings. The molecule has 0 saturated carbocycles. The molecule has 0 atom stereocenters. The van der Waals surface area contributed by atoms with Crippen LogP contribution in [0.3, 0.4) is 0 Å². The Kier molecular flexibility index (Phi) is 6.42. The van der Waals surface area contributed by atoms with Crippen molar-refractivity contribution in [1.29, 1.82) is 0 Å². The Morgan fingerprint density at radius 3 is 2.50 bits per heavy atom. The maximum atomic E-state index is 5.68. The predicted molar refractivity (Wildman–Crippen MR) is 58.8 cm³/mol. The number of nitrogens with one attached hydrogen (secondary N) is 1. The third-order valence-corrected chi connectivity index (χ3v) is 1.35. The van der Waals surface area contributed by atoms with Gasteiger partial charge in [-0.1, -0.05) is 29.9 Å². The van der Waals surface area contributed by atoms with Gasteiger partial charge in [-0.25, -0.2) is 0 Å². The molecule has 2 nitrogen and oxygen atoms in total. The van der Waals surface area contributed by atoms with Crippen molar-refractivity contribution in [2.45, 2.75) is 0 Å². The van der Waals surface area contributed by atoms with E-state index in [-0.39, 0.29) is 0 Å². The summed E-state index contributed by atoms with van der Waals surface area (Å²) in [5, 5.41) is 3.75. The van der Waals surface area contributed by atoms with Crippen molar-refractivity contribution in [3.05, 3.63) is 29.3 Å². The summed E-state index contributed by atoms with van der Waals surface area (Å²) < 4.78 is 0. The van der Waals surface area contributed by atoms with Crippen molar-refractivity contribution in [2.24, 2.45) is 5.73 Å². The van der Waals surface area contributed by atoms with Crippen LogP contribution in [-0.2, 0) is 0 Å². The monoisotopic (exact) mass is 202 g/mol. The minimum absolute atomic E-state index is 0.766. The van der Waals surface area contributed by atoms with Crippen molar-refractivity contribution < 1.29 is 0 Å². The van der Waals surface area contributed by atoms with Gasteiger partial charge in [-0.05, 0) is 18.2 Å². The molecular formula is C8H11ClN2S. The molecule has 12 heavy (non-hydrogen) atoms. The number of rotatable bonds is 1. The lowest BCUT2D eigenvalue weighted by atomic mass is 10.3. The van der Waals surface area contributed by atoms with E-state index in [2.05, 4.69) is 23.3 Å². The lowest BCUT2D eigenvalue weighted by molar-refractivity contribution is 1.51. The van der Waals surface area contributed by atoms with Crippen LogP contribution in [0.1, 0.15) is 0 Å². The zero-order chi connectivity index (χ0) is 9.40. The van der Waals surface area contributed by atoms with Crippen LogP contribution in [-0.4, -0.2) is 12.5 Å². The molecule has 66 valence electrons. The highest BCUT2D eigenvalue weighted by molar-refractivity contribution is 7.78. The van der Waals surface area contributed by atoms with E-state index in [1.807, 2.05) is 31.3 Å². The average Bonchev–Trinajstić information content (AvgIpc) is 2.06. The molecule has 0 aliphatic heterocycles. The summed E-state index contributed by atoms with van der Waals surface area (Å²) in [7, 11) is 1.87. The molecule has 0 heterocycles. The van der Waals surface area contributed by atoms with Crippen LogP contribution >= 0.6 is 23.8 Å². The molecule has 0 aliphatic rings. The second kappa shape index (κ2) is 6.88. The fraction of sp³-hybridized carbons (Fsp3) is 0.125. The molecule has 1 rings (SSSR count). The third-order valence-electron chi connectivity index (χ3n) is 1.11. The minimum atomic E-state index is 0.766. The maximum Gasteiger partial charge on any atom is 0.0588 e. The lowest BCUT2D eigenvalue weighted by Gasteiger charge is -1.97. The standard InChI is InChI=1S/C7H8ClN.CH3NS/c1-9-7-4-2-3-6(8)5-7;2-1-3/h2-5,9H,1H3;1H,(H2,2,3). The summed E-state index contributed by atoms with van der Waals surface area (Å²) in [6.07, 6.45) is 0. The molecule has 0 bridgehead atoms. The molecule has 1 aromatic rings. The van der Waals surface area contributed by atoms with Gasteiger partial charge in [-0.15, -0.1) is 0 Å². The van der Waals surface area contributed by atoms with Crippen LogP contribution in [0.5, 0.6) is 0 Å².